The molecule has 1 aromatic carbocycles. The van der Waals surface area contributed by atoms with Crippen molar-refractivity contribution in [3.05, 3.63) is 35.6 Å². The maximum atomic E-state index is 14.1. The number of hydrazine groups is 1. The number of carbonyl (C=O) groups excluding carboxylic acids is 2. The molecule has 1 saturated carbocycles. The van der Waals surface area contributed by atoms with Gasteiger partial charge in [-0.15, -0.1) is 0 Å². The molecule has 2 aliphatic rings. The van der Waals surface area contributed by atoms with E-state index in [2.05, 4.69) is 0 Å². The highest BCUT2D eigenvalue weighted by atomic mass is 19.1. The average Bonchev–Trinajstić information content (AvgIpc) is 2.87. The van der Waals surface area contributed by atoms with Crippen LogP contribution in [0.15, 0.2) is 24.3 Å². The lowest BCUT2D eigenvalue weighted by Gasteiger charge is -2.40. The van der Waals surface area contributed by atoms with E-state index in [1.807, 2.05) is 0 Å². The lowest BCUT2D eigenvalue weighted by Crippen LogP contribution is -2.54. The van der Waals surface area contributed by atoms with Gasteiger partial charge < -0.3 is 9.84 Å². The van der Waals surface area contributed by atoms with Crippen LogP contribution in [0.5, 0.6) is 0 Å². The van der Waals surface area contributed by atoms with Crippen molar-refractivity contribution < 1.29 is 28.6 Å². The highest BCUT2D eigenvalue weighted by Gasteiger charge is 2.54. The van der Waals surface area contributed by atoms with Crippen LogP contribution < -0.4 is 0 Å². The Kier molecular flexibility index (Phi) is 5.86. The second-order valence-electron chi connectivity index (χ2n) is 7.64. The van der Waals surface area contributed by atoms with Crippen molar-refractivity contribution in [1.82, 2.24) is 10.0 Å². The number of amides is 2. The molecule has 0 radical (unpaired) electrons. The molecule has 1 aliphatic carbocycles. The molecule has 8 heteroatoms. The van der Waals surface area contributed by atoms with E-state index in [9.17, 15) is 18.8 Å². The first-order chi connectivity index (χ1) is 13.3. The lowest BCUT2D eigenvalue weighted by atomic mass is 9.90. The fraction of sp³-hybridized carbons (Fsp3) is 0.550. The Morgan fingerprint density at radius 3 is 2.54 bits per heavy atom. The van der Waals surface area contributed by atoms with Crippen molar-refractivity contribution in [3.63, 3.8) is 0 Å². The molecular formula is C20H25FN2O5. The van der Waals surface area contributed by atoms with Crippen molar-refractivity contribution >= 4 is 18.0 Å². The third kappa shape index (κ3) is 4.10. The standard InChI is InChI=1S/C20H25FN2O5/c1-14(12-18(25)26)11-17(24)23-20(9-5-2-6-10-20)28-19(27)22(23)13-15-7-3-4-8-16(15)21/h3-4,7-8,14H,2,5-6,9-13H2,1H3,(H,25,26). The maximum Gasteiger partial charge on any atom is 0.431 e. The SMILES string of the molecule is CC(CC(=O)O)CC(=O)N1N(Cc2ccccc2F)C(=O)OC12CCCCC2. The summed E-state index contributed by atoms with van der Waals surface area (Å²) in [6.45, 7) is 1.56. The summed E-state index contributed by atoms with van der Waals surface area (Å²) in [4.78, 5) is 36.7. The summed E-state index contributed by atoms with van der Waals surface area (Å²) in [5.74, 6) is -2.22. The maximum absolute atomic E-state index is 14.1. The summed E-state index contributed by atoms with van der Waals surface area (Å²) >= 11 is 0. The van der Waals surface area contributed by atoms with E-state index in [0.717, 1.165) is 19.3 Å². The molecule has 2 amide bonds. The summed E-state index contributed by atoms with van der Waals surface area (Å²) in [6.07, 6.45) is 2.81. The first-order valence-corrected chi connectivity index (χ1v) is 9.61. The van der Waals surface area contributed by atoms with Crippen LogP contribution in [0.1, 0.15) is 57.4 Å². The molecule has 1 unspecified atom stereocenters. The first-order valence-electron chi connectivity index (χ1n) is 9.61. The monoisotopic (exact) mass is 392 g/mol. The molecule has 1 N–H and O–H groups in total. The van der Waals surface area contributed by atoms with Crippen molar-refractivity contribution in [2.75, 3.05) is 0 Å². The molecule has 152 valence electrons. The van der Waals surface area contributed by atoms with Crippen LogP contribution in [0.2, 0.25) is 0 Å². The van der Waals surface area contributed by atoms with E-state index in [4.69, 9.17) is 9.84 Å². The average molecular weight is 392 g/mol. The van der Waals surface area contributed by atoms with Crippen molar-refractivity contribution in [2.45, 2.75) is 64.1 Å². The topological polar surface area (TPSA) is 87.2 Å². The van der Waals surface area contributed by atoms with Gasteiger partial charge in [-0.2, -0.15) is 0 Å². The third-order valence-corrected chi connectivity index (χ3v) is 5.31. The summed E-state index contributed by atoms with van der Waals surface area (Å²) in [5.41, 5.74) is -0.774. The molecule has 2 fully saturated rings. The number of nitrogens with zero attached hydrogens (tertiary/aromatic N) is 2. The smallest absolute Gasteiger partial charge is 0.431 e. The fourth-order valence-corrected chi connectivity index (χ4v) is 4.02. The number of halogens is 1. The van der Waals surface area contributed by atoms with Gasteiger partial charge in [0.15, 0.2) is 0 Å². The van der Waals surface area contributed by atoms with E-state index in [-0.39, 0.29) is 30.9 Å². The molecule has 1 aliphatic heterocycles. The predicted molar refractivity (Wildman–Crippen MR) is 97.1 cm³/mol. The number of carboxylic acid groups (broad SMARTS) is 1. The molecule has 1 aromatic rings. The Balaban J connectivity index is 1.88. The van der Waals surface area contributed by atoms with Crippen LogP contribution in [0.4, 0.5) is 9.18 Å². The second kappa shape index (κ2) is 8.16. The number of carboxylic acids is 1. The summed E-state index contributed by atoms with van der Waals surface area (Å²) in [7, 11) is 0. The van der Waals surface area contributed by atoms with Crippen LogP contribution in [-0.2, 0) is 20.9 Å². The van der Waals surface area contributed by atoms with Gasteiger partial charge in [0.2, 0.25) is 11.6 Å². The number of aliphatic carboxylic acids is 1. The van der Waals surface area contributed by atoms with Crippen LogP contribution in [0.3, 0.4) is 0 Å². The van der Waals surface area contributed by atoms with Gasteiger partial charge in [0, 0.05) is 31.2 Å². The molecular weight excluding hydrogens is 367 g/mol. The normalized spacial score (nSPS) is 19.6. The Morgan fingerprint density at radius 1 is 1.21 bits per heavy atom. The second-order valence-corrected chi connectivity index (χ2v) is 7.64. The largest absolute Gasteiger partial charge is 0.481 e. The van der Waals surface area contributed by atoms with Gasteiger partial charge in [-0.25, -0.2) is 19.2 Å². The molecule has 7 nitrogen and oxygen atoms in total. The van der Waals surface area contributed by atoms with Crippen LogP contribution in [-0.4, -0.2) is 38.8 Å². The molecule has 1 atom stereocenters. The Bertz CT molecular complexity index is 763. The van der Waals surface area contributed by atoms with Crippen LogP contribution in [0.25, 0.3) is 0 Å². The summed E-state index contributed by atoms with van der Waals surface area (Å²) in [6, 6.07) is 6.08. The van der Waals surface area contributed by atoms with E-state index in [1.165, 1.54) is 16.1 Å². The summed E-state index contributed by atoms with van der Waals surface area (Å²) < 4.78 is 19.8. The molecule has 1 heterocycles. The number of hydrogen-bond acceptors (Lipinski definition) is 4. The molecule has 0 bridgehead atoms. The Labute approximate surface area is 163 Å². The van der Waals surface area contributed by atoms with Gasteiger partial charge in [-0.05, 0) is 24.8 Å². The zero-order valence-electron chi connectivity index (χ0n) is 15.9. The predicted octanol–water partition coefficient (Wildman–Crippen LogP) is 3.68. The van der Waals surface area contributed by atoms with E-state index in [0.29, 0.717) is 12.8 Å². The minimum Gasteiger partial charge on any atom is -0.481 e. The van der Waals surface area contributed by atoms with Gasteiger partial charge in [0.05, 0.1) is 6.54 Å². The molecule has 28 heavy (non-hydrogen) atoms. The van der Waals surface area contributed by atoms with E-state index in [1.54, 1.807) is 25.1 Å². The Morgan fingerprint density at radius 2 is 1.89 bits per heavy atom. The molecule has 1 spiro atoms. The zero-order chi connectivity index (χ0) is 20.3. The van der Waals surface area contributed by atoms with Crippen molar-refractivity contribution in [2.24, 2.45) is 5.92 Å². The highest BCUT2D eigenvalue weighted by Crippen LogP contribution is 2.42. The number of hydrogen-bond donors (Lipinski definition) is 1. The van der Waals surface area contributed by atoms with Gasteiger partial charge in [0.25, 0.3) is 0 Å². The van der Waals surface area contributed by atoms with Gasteiger partial charge in [0.1, 0.15) is 5.82 Å². The zero-order valence-corrected chi connectivity index (χ0v) is 15.9. The van der Waals surface area contributed by atoms with Crippen LogP contribution in [0, 0.1) is 11.7 Å². The van der Waals surface area contributed by atoms with E-state index < -0.39 is 29.5 Å². The van der Waals surface area contributed by atoms with Crippen molar-refractivity contribution in [3.8, 4) is 0 Å². The van der Waals surface area contributed by atoms with Crippen molar-refractivity contribution in [1.29, 1.82) is 0 Å². The Hall–Kier alpha value is -2.64. The number of rotatable bonds is 6. The quantitative estimate of drug-likeness (QED) is 0.798. The molecule has 3 rings (SSSR count). The first kappa shape index (κ1) is 20.1. The summed E-state index contributed by atoms with van der Waals surface area (Å²) in [5, 5.41) is 11.5. The van der Waals surface area contributed by atoms with Gasteiger partial charge in [-0.1, -0.05) is 31.5 Å². The molecule has 1 saturated heterocycles. The number of carbonyl (C=O) groups is 3. The van der Waals surface area contributed by atoms with Gasteiger partial charge in [-0.3, -0.25) is 9.59 Å². The third-order valence-electron chi connectivity index (χ3n) is 5.31. The number of benzene rings is 1. The minimum absolute atomic E-state index is 0.0293. The van der Waals surface area contributed by atoms with Crippen LogP contribution >= 0.6 is 0 Å². The number of ether oxygens (including phenoxy) is 1. The minimum atomic E-state index is -1.05. The lowest BCUT2D eigenvalue weighted by molar-refractivity contribution is -0.174. The van der Waals surface area contributed by atoms with Gasteiger partial charge >= 0.3 is 12.1 Å². The highest BCUT2D eigenvalue weighted by molar-refractivity contribution is 5.83. The fourth-order valence-electron chi connectivity index (χ4n) is 4.02. The molecule has 0 aromatic heterocycles. The van der Waals surface area contributed by atoms with E-state index >= 15 is 0 Å².